The van der Waals surface area contributed by atoms with Crippen LogP contribution >= 0.6 is 0 Å². The molecule has 1 aliphatic heterocycles. The maximum Gasteiger partial charge on any atom is 0.323 e. The summed E-state index contributed by atoms with van der Waals surface area (Å²) < 4.78 is 0. The van der Waals surface area contributed by atoms with Crippen LogP contribution in [0.15, 0.2) is 63.7 Å². The van der Waals surface area contributed by atoms with E-state index in [1.807, 2.05) is 36.4 Å². The number of nitrogens with one attached hydrogen (secondary N) is 2. The molecule has 0 aliphatic carbocycles. The van der Waals surface area contributed by atoms with Gasteiger partial charge in [-0.2, -0.15) is 5.10 Å². The molecule has 0 unspecified atom stereocenters. The van der Waals surface area contributed by atoms with Crippen molar-refractivity contribution in [2.45, 2.75) is 19.8 Å². The topological polar surface area (TPSA) is 130 Å². The fourth-order valence-electron chi connectivity index (χ4n) is 2.86. The van der Waals surface area contributed by atoms with E-state index in [9.17, 15) is 4.79 Å². The summed E-state index contributed by atoms with van der Waals surface area (Å²) in [6.45, 7) is 2.65. The summed E-state index contributed by atoms with van der Waals surface area (Å²) in [5.74, 6) is -0.112. The maximum absolute atomic E-state index is 12.4. The third-order valence-electron chi connectivity index (χ3n) is 4.18. The number of urea groups is 1. The van der Waals surface area contributed by atoms with Gasteiger partial charge >= 0.3 is 6.03 Å². The lowest BCUT2D eigenvalue weighted by atomic mass is 10.1. The lowest BCUT2D eigenvalue weighted by molar-refractivity contribution is 0.262. The quantitative estimate of drug-likeness (QED) is 0.363. The Hall–Kier alpha value is -3.68. The average molecular weight is 377 g/mol. The smallest absolute Gasteiger partial charge is 0.323 e. The minimum absolute atomic E-state index is 0.112. The van der Waals surface area contributed by atoms with Gasteiger partial charge in [0, 0.05) is 23.6 Å². The van der Waals surface area contributed by atoms with Crippen LogP contribution in [0.5, 0.6) is 0 Å². The summed E-state index contributed by atoms with van der Waals surface area (Å²) in [5.41, 5.74) is 15.5. The monoisotopic (exact) mass is 377 g/mol. The van der Waals surface area contributed by atoms with Gasteiger partial charge in [-0.3, -0.25) is 4.99 Å². The Morgan fingerprint density at radius 2 is 1.75 bits per heavy atom. The van der Waals surface area contributed by atoms with Gasteiger partial charge in [0.05, 0.1) is 5.71 Å². The van der Waals surface area contributed by atoms with Gasteiger partial charge in [-0.25, -0.2) is 4.79 Å². The standard InChI is InChI=1S/C20H23N7O/c1-13(26-27-19(21)22)14-5-2-7-16(11-14)24-20(28)25-17-8-3-6-15(12-17)18-9-4-10-23-18/h2-3,5-8,11-12H,4,9-10H2,1H3,(H4,21,22,27)(H2,24,25,28)/b26-13+. The van der Waals surface area contributed by atoms with Crippen LogP contribution < -0.4 is 22.1 Å². The van der Waals surface area contributed by atoms with Gasteiger partial charge in [0.2, 0.25) is 5.96 Å². The molecule has 6 N–H and O–H groups in total. The molecule has 0 saturated heterocycles. The van der Waals surface area contributed by atoms with E-state index in [1.54, 1.807) is 19.1 Å². The maximum atomic E-state index is 12.4. The van der Waals surface area contributed by atoms with E-state index in [-0.39, 0.29) is 12.0 Å². The number of amides is 2. The summed E-state index contributed by atoms with van der Waals surface area (Å²) in [5, 5.41) is 13.3. The molecule has 0 spiro atoms. The van der Waals surface area contributed by atoms with Crippen molar-refractivity contribution in [3.05, 3.63) is 59.7 Å². The summed E-state index contributed by atoms with van der Waals surface area (Å²) in [4.78, 5) is 16.9. The summed E-state index contributed by atoms with van der Waals surface area (Å²) in [6.07, 6.45) is 2.05. The van der Waals surface area contributed by atoms with Crippen molar-refractivity contribution in [2.24, 2.45) is 26.7 Å². The molecule has 0 fully saturated rings. The molecule has 0 radical (unpaired) electrons. The highest BCUT2D eigenvalue weighted by Gasteiger charge is 2.10. The Kier molecular flexibility index (Phi) is 6.01. The first kappa shape index (κ1) is 19.1. The zero-order valence-corrected chi connectivity index (χ0v) is 15.6. The number of aliphatic imine (C=N–C) groups is 1. The Morgan fingerprint density at radius 1 is 1.04 bits per heavy atom. The number of nitrogens with two attached hydrogens (primary N) is 2. The summed E-state index contributed by atoms with van der Waals surface area (Å²) in [6, 6.07) is 14.6. The minimum atomic E-state index is -0.332. The molecule has 0 bridgehead atoms. The highest BCUT2D eigenvalue weighted by atomic mass is 16.2. The van der Waals surface area contributed by atoms with Gasteiger partial charge in [-0.15, -0.1) is 5.10 Å². The number of carbonyl (C=O) groups excluding carboxylic acids is 1. The van der Waals surface area contributed by atoms with Crippen molar-refractivity contribution >= 4 is 34.8 Å². The fraction of sp³-hybridized carbons (Fsp3) is 0.200. The van der Waals surface area contributed by atoms with Crippen LogP contribution in [0, 0.1) is 0 Å². The molecule has 0 saturated carbocycles. The lowest BCUT2D eigenvalue weighted by Crippen LogP contribution is -2.22. The first-order chi connectivity index (χ1) is 13.5. The van der Waals surface area contributed by atoms with Gasteiger partial charge < -0.3 is 22.1 Å². The van der Waals surface area contributed by atoms with Crippen LogP contribution in [0.2, 0.25) is 0 Å². The molecule has 0 aromatic heterocycles. The van der Waals surface area contributed by atoms with Gasteiger partial charge in [0.25, 0.3) is 0 Å². The predicted octanol–water partition coefficient (Wildman–Crippen LogP) is 2.91. The van der Waals surface area contributed by atoms with Crippen LogP contribution in [0.4, 0.5) is 16.2 Å². The molecule has 0 atom stereocenters. The number of guanidine groups is 1. The number of hydrogen-bond acceptors (Lipinski definition) is 4. The van der Waals surface area contributed by atoms with Crippen molar-refractivity contribution in [1.82, 2.24) is 0 Å². The average Bonchev–Trinajstić information content (AvgIpc) is 3.21. The van der Waals surface area contributed by atoms with Crippen molar-refractivity contribution in [3.63, 3.8) is 0 Å². The van der Waals surface area contributed by atoms with Crippen molar-refractivity contribution < 1.29 is 4.79 Å². The summed E-state index contributed by atoms with van der Waals surface area (Å²) >= 11 is 0. The van der Waals surface area contributed by atoms with Gasteiger partial charge in [-0.1, -0.05) is 24.3 Å². The molecular weight excluding hydrogens is 354 g/mol. The molecular formula is C20H23N7O. The van der Waals surface area contributed by atoms with E-state index < -0.39 is 0 Å². The molecule has 28 heavy (non-hydrogen) atoms. The highest BCUT2D eigenvalue weighted by Crippen LogP contribution is 2.18. The van der Waals surface area contributed by atoms with E-state index in [0.717, 1.165) is 36.2 Å². The van der Waals surface area contributed by atoms with Gasteiger partial charge in [0.15, 0.2) is 0 Å². The zero-order chi connectivity index (χ0) is 19.9. The fourth-order valence-corrected chi connectivity index (χ4v) is 2.86. The molecule has 1 heterocycles. The molecule has 2 aromatic rings. The number of carbonyl (C=O) groups is 1. The Balaban J connectivity index is 1.67. The first-order valence-corrected chi connectivity index (χ1v) is 8.96. The largest absolute Gasteiger partial charge is 0.369 e. The number of hydrogen-bond donors (Lipinski definition) is 4. The molecule has 2 amide bonds. The second kappa shape index (κ2) is 8.81. The molecule has 8 nitrogen and oxygen atoms in total. The Bertz CT molecular complexity index is 959. The van der Waals surface area contributed by atoms with Crippen molar-refractivity contribution in [2.75, 3.05) is 17.2 Å². The Morgan fingerprint density at radius 3 is 2.43 bits per heavy atom. The summed E-state index contributed by atoms with van der Waals surface area (Å²) in [7, 11) is 0. The van der Waals surface area contributed by atoms with E-state index in [1.165, 1.54) is 0 Å². The Labute approximate surface area is 163 Å². The second-order valence-corrected chi connectivity index (χ2v) is 6.38. The molecule has 144 valence electrons. The number of rotatable bonds is 5. The number of anilines is 2. The lowest BCUT2D eigenvalue weighted by Gasteiger charge is -2.10. The molecule has 1 aliphatic rings. The van der Waals surface area contributed by atoms with Crippen molar-refractivity contribution in [1.29, 1.82) is 0 Å². The predicted molar refractivity (Wildman–Crippen MR) is 114 cm³/mol. The first-order valence-electron chi connectivity index (χ1n) is 8.96. The molecule has 2 aromatic carbocycles. The van der Waals surface area contributed by atoms with Crippen molar-refractivity contribution in [3.8, 4) is 0 Å². The van der Waals surface area contributed by atoms with E-state index in [4.69, 9.17) is 11.5 Å². The SMILES string of the molecule is C/C(=N\N=C(N)N)c1cccc(NC(=O)Nc2cccc(C3=NCCC3)c2)c1. The molecule has 8 heteroatoms. The zero-order valence-electron chi connectivity index (χ0n) is 15.6. The van der Waals surface area contributed by atoms with Crippen LogP contribution in [0.1, 0.15) is 30.9 Å². The highest BCUT2D eigenvalue weighted by molar-refractivity contribution is 6.05. The normalized spacial score (nSPS) is 13.6. The molecule has 3 rings (SSSR count). The van der Waals surface area contributed by atoms with Gasteiger partial charge in [-0.05, 0) is 55.2 Å². The minimum Gasteiger partial charge on any atom is -0.369 e. The second-order valence-electron chi connectivity index (χ2n) is 6.38. The van der Waals surface area contributed by atoms with Crippen LogP contribution in [-0.2, 0) is 0 Å². The van der Waals surface area contributed by atoms with Gasteiger partial charge in [0.1, 0.15) is 0 Å². The van der Waals surface area contributed by atoms with Crippen LogP contribution in [0.3, 0.4) is 0 Å². The van der Waals surface area contributed by atoms with Crippen LogP contribution in [0.25, 0.3) is 0 Å². The van der Waals surface area contributed by atoms with E-state index >= 15 is 0 Å². The van der Waals surface area contributed by atoms with E-state index in [0.29, 0.717) is 17.1 Å². The third-order valence-corrected chi connectivity index (χ3v) is 4.18. The van der Waals surface area contributed by atoms with E-state index in [2.05, 4.69) is 25.8 Å². The third kappa shape index (κ3) is 5.16. The number of benzene rings is 2. The van der Waals surface area contributed by atoms with Crippen LogP contribution in [-0.4, -0.2) is 30.0 Å². The number of nitrogens with zero attached hydrogens (tertiary/aromatic N) is 3.